The molecule has 100 valence electrons. The highest BCUT2D eigenvalue weighted by Gasteiger charge is 2.11. The largest absolute Gasteiger partial charge is 0.374 e. The second kappa shape index (κ2) is 6.08. The van der Waals surface area contributed by atoms with E-state index in [1.807, 2.05) is 6.92 Å². The Morgan fingerprint density at radius 2 is 2.26 bits per heavy atom. The van der Waals surface area contributed by atoms with Gasteiger partial charge in [0, 0.05) is 18.2 Å². The van der Waals surface area contributed by atoms with Crippen LogP contribution in [0.15, 0.2) is 33.5 Å². The first-order valence-electron chi connectivity index (χ1n) is 5.74. The molecule has 0 fully saturated rings. The fraction of sp³-hybridized carbons (Fsp3) is 0.231. The summed E-state index contributed by atoms with van der Waals surface area (Å²) in [6.07, 6.45) is 0. The van der Waals surface area contributed by atoms with E-state index in [9.17, 15) is 9.18 Å². The van der Waals surface area contributed by atoms with E-state index in [-0.39, 0.29) is 23.4 Å². The van der Waals surface area contributed by atoms with E-state index in [1.54, 1.807) is 18.2 Å². The quantitative estimate of drug-likeness (QED) is 0.939. The molecule has 1 N–H and O–H groups in total. The van der Waals surface area contributed by atoms with Crippen LogP contribution in [0.25, 0.3) is 11.3 Å². The molecule has 0 atom stereocenters. The molecule has 0 spiro atoms. The number of ether oxygens (including phenoxy) is 1. The van der Waals surface area contributed by atoms with Gasteiger partial charge in [-0.05, 0) is 35.0 Å². The van der Waals surface area contributed by atoms with Crippen molar-refractivity contribution in [3.05, 3.63) is 50.7 Å². The van der Waals surface area contributed by atoms with Gasteiger partial charge in [0.1, 0.15) is 18.2 Å². The van der Waals surface area contributed by atoms with Crippen molar-refractivity contribution >= 4 is 15.9 Å². The minimum atomic E-state index is -0.442. The highest BCUT2D eigenvalue weighted by molar-refractivity contribution is 9.10. The topological polar surface area (TPSA) is 55.0 Å². The fourth-order valence-corrected chi connectivity index (χ4v) is 1.98. The van der Waals surface area contributed by atoms with Crippen LogP contribution in [0.5, 0.6) is 0 Å². The molecule has 6 heteroatoms. The zero-order chi connectivity index (χ0) is 13.8. The summed E-state index contributed by atoms with van der Waals surface area (Å²) in [7, 11) is 0. The van der Waals surface area contributed by atoms with Crippen LogP contribution in [-0.2, 0) is 11.3 Å². The van der Waals surface area contributed by atoms with Gasteiger partial charge in [-0.3, -0.25) is 4.79 Å². The number of rotatable bonds is 4. The molecule has 2 rings (SSSR count). The van der Waals surface area contributed by atoms with Crippen LogP contribution in [-0.4, -0.2) is 16.6 Å². The van der Waals surface area contributed by atoms with Crippen LogP contribution < -0.4 is 5.56 Å². The highest BCUT2D eigenvalue weighted by atomic mass is 79.9. The third-order valence-corrected chi connectivity index (χ3v) is 3.07. The van der Waals surface area contributed by atoms with Crippen LogP contribution in [0.1, 0.15) is 12.7 Å². The average molecular weight is 327 g/mol. The number of H-pyrrole nitrogens is 1. The summed E-state index contributed by atoms with van der Waals surface area (Å²) in [5, 5.41) is 0. The van der Waals surface area contributed by atoms with E-state index in [2.05, 4.69) is 25.9 Å². The standard InChI is InChI=1S/C13H12BrFN2O2/c1-2-19-7-11-16-10(6-12(18)17-11)8-4-3-5-9(14)13(8)15/h3-6H,2,7H2,1H3,(H,16,17,18). The number of halogens is 2. The lowest BCUT2D eigenvalue weighted by Crippen LogP contribution is -2.12. The lowest BCUT2D eigenvalue weighted by molar-refractivity contribution is 0.128. The maximum Gasteiger partial charge on any atom is 0.251 e. The van der Waals surface area contributed by atoms with Crippen molar-refractivity contribution in [2.75, 3.05) is 6.61 Å². The average Bonchev–Trinajstić information content (AvgIpc) is 2.39. The molecule has 1 aromatic carbocycles. The normalized spacial score (nSPS) is 10.7. The smallest absolute Gasteiger partial charge is 0.251 e. The summed E-state index contributed by atoms with van der Waals surface area (Å²) in [5.41, 5.74) is 0.231. The Bertz CT molecular complexity index is 643. The highest BCUT2D eigenvalue weighted by Crippen LogP contribution is 2.25. The molecule has 0 amide bonds. The summed E-state index contributed by atoms with van der Waals surface area (Å²) >= 11 is 3.11. The first kappa shape index (κ1) is 13.9. The lowest BCUT2D eigenvalue weighted by atomic mass is 10.1. The third kappa shape index (κ3) is 3.27. The van der Waals surface area contributed by atoms with Gasteiger partial charge < -0.3 is 9.72 Å². The summed E-state index contributed by atoms with van der Waals surface area (Å²) in [5.74, 6) is -0.0633. The Balaban J connectivity index is 2.47. The molecule has 0 bridgehead atoms. The van der Waals surface area contributed by atoms with E-state index in [0.29, 0.717) is 16.9 Å². The molecule has 0 aliphatic rings. The van der Waals surface area contributed by atoms with Gasteiger partial charge in [-0.25, -0.2) is 9.37 Å². The maximum absolute atomic E-state index is 14.0. The van der Waals surface area contributed by atoms with Crippen LogP contribution in [0, 0.1) is 5.82 Å². The van der Waals surface area contributed by atoms with Crippen molar-refractivity contribution in [3.8, 4) is 11.3 Å². The van der Waals surface area contributed by atoms with Gasteiger partial charge in [-0.15, -0.1) is 0 Å². The predicted octanol–water partition coefficient (Wildman–Crippen LogP) is 2.88. The Labute approximate surface area is 117 Å². The summed E-state index contributed by atoms with van der Waals surface area (Å²) in [6, 6.07) is 6.12. The Morgan fingerprint density at radius 3 is 3.00 bits per heavy atom. The van der Waals surface area contributed by atoms with Gasteiger partial charge in [0.05, 0.1) is 10.2 Å². The van der Waals surface area contributed by atoms with E-state index in [1.165, 1.54) is 6.07 Å². The molecular formula is C13H12BrFN2O2. The molecular weight excluding hydrogens is 315 g/mol. The third-order valence-electron chi connectivity index (χ3n) is 2.46. The lowest BCUT2D eigenvalue weighted by Gasteiger charge is -2.06. The minimum Gasteiger partial charge on any atom is -0.374 e. The Morgan fingerprint density at radius 1 is 1.47 bits per heavy atom. The predicted molar refractivity (Wildman–Crippen MR) is 73.3 cm³/mol. The van der Waals surface area contributed by atoms with Crippen LogP contribution in [0.2, 0.25) is 0 Å². The molecule has 4 nitrogen and oxygen atoms in total. The minimum absolute atomic E-state index is 0.190. The Kier molecular flexibility index (Phi) is 4.44. The zero-order valence-corrected chi connectivity index (χ0v) is 11.8. The summed E-state index contributed by atoms with van der Waals surface area (Å²) in [6.45, 7) is 2.55. The SMILES string of the molecule is CCOCc1nc(-c2cccc(Br)c2F)cc(=O)[nH]1. The van der Waals surface area contributed by atoms with Crippen molar-refractivity contribution in [1.29, 1.82) is 0 Å². The van der Waals surface area contributed by atoms with Gasteiger partial charge in [-0.1, -0.05) is 6.07 Å². The molecule has 0 saturated carbocycles. The van der Waals surface area contributed by atoms with Gasteiger partial charge in [-0.2, -0.15) is 0 Å². The van der Waals surface area contributed by atoms with Crippen LogP contribution in [0.4, 0.5) is 4.39 Å². The molecule has 2 aromatic rings. The van der Waals surface area contributed by atoms with Gasteiger partial charge >= 0.3 is 0 Å². The number of hydrogen-bond acceptors (Lipinski definition) is 3. The molecule has 0 aliphatic heterocycles. The summed E-state index contributed by atoms with van der Waals surface area (Å²) in [4.78, 5) is 18.3. The maximum atomic E-state index is 14.0. The van der Waals surface area contributed by atoms with Crippen molar-refractivity contribution in [3.63, 3.8) is 0 Å². The number of hydrogen-bond donors (Lipinski definition) is 1. The van der Waals surface area contributed by atoms with E-state index in [0.717, 1.165) is 0 Å². The van der Waals surface area contributed by atoms with Gasteiger partial charge in [0.2, 0.25) is 0 Å². The first-order valence-corrected chi connectivity index (χ1v) is 6.53. The summed E-state index contributed by atoms with van der Waals surface area (Å²) < 4.78 is 19.5. The van der Waals surface area contributed by atoms with E-state index >= 15 is 0 Å². The number of aromatic nitrogens is 2. The fourth-order valence-electron chi connectivity index (χ4n) is 1.61. The molecule has 0 saturated heterocycles. The number of nitrogens with one attached hydrogen (secondary N) is 1. The van der Waals surface area contributed by atoms with Crippen molar-refractivity contribution < 1.29 is 9.13 Å². The zero-order valence-electron chi connectivity index (χ0n) is 10.2. The number of benzene rings is 1. The second-order valence-corrected chi connectivity index (χ2v) is 4.67. The van der Waals surface area contributed by atoms with Crippen LogP contribution >= 0.6 is 15.9 Å². The molecule has 19 heavy (non-hydrogen) atoms. The van der Waals surface area contributed by atoms with E-state index in [4.69, 9.17) is 4.74 Å². The second-order valence-electron chi connectivity index (χ2n) is 3.82. The van der Waals surface area contributed by atoms with Gasteiger partial charge in [0.15, 0.2) is 0 Å². The molecule has 0 aliphatic carbocycles. The van der Waals surface area contributed by atoms with Crippen LogP contribution in [0.3, 0.4) is 0 Å². The molecule has 1 heterocycles. The number of aromatic amines is 1. The van der Waals surface area contributed by atoms with Gasteiger partial charge in [0.25, 0.3) is 5.56 Å². The molecule has 1 aromatic heterocycles. The van der Waals surface area contributed by atoms with Crippen molar-refractivity contribution in [2.24, 2.45) is 0 Å². The number of nitrogens with zero attached hydrogens (tertiary/aromatic N) is 1. The Hall–Kier alpha value is -1.53. The van der Waals surface area contributed by atoms with Crippen molar-refractivity contribution in [2.45, 2.75) is 13.5 Å². The van der Waals surface area contributed by atoms with E-state index < -0.39 is 5.82 Å². The molecule has 0 radical (unpaired) electrons. The first-order chi connectivity index (χ1) is 9.11. The molecule has 0 unspecified atom stereocenters. The van der Waals surface area contributed by atoms with Crippen molar-refractivity contribution in [1.82, 2.24) is 9.97 Å². The monoisotopic (exact) mass is 326 g/mol.